The molecule has 0 radical (unpaired) electrons. The standard InChI is InChI=1S/C13H21ClN2O3S/c1-9-4-6-13(8-14,7-5-9)16-20(17,18)12-10(2)15-19-11(12)3/h9,16H,4-8H2,1-3H3. The Balaban J connectivity index is 2.27. The molecule has 0 saturated heterocycles. The number of halogens is 1. The number of rotatable bonds is 4. The Morgan fingerprint density at radius 1 is 1.40 bits per heavy atom. The molecule has 0 amide bonds. The normalized spacial score (nSPS) is 27.7. The SMILES string of the molecule is Cc1noc(C)c1S(=O)(=O)NC1(CCl)CCC(C)CC1. The molecule has 0 spiro atoms. The molecule has 5 nitrogen and oxygen atoms in total. The fraction of sp³-hybridized carbons (Fsp3) is 0.769. The van der Waals surface area contributed by atoms with Gasteiger partial charge in [0.25, 0.3) is 0 Å². The number of nitrogens with one attached hydrogen (secondary N) is 1. The maximum Gasteiger partial charge on any atom is 0.246 e. The molecule has 0 aliphatic heterocycles. The van der Waals surface area contributed by atoms with Crippen LogP contribution in [0.1, 0.15) is 44.1 Å². The molecule has 20 heavy (non-hydrogen) atoms. The zero-order valence-electron chi connectivity index (χ0n) is 12.1. The maximum atomic E-state index is 12.6. The molecule has 1 heterocycles. The highest BCUT2D eigenvalue weighted by molar-refractivity contribution is 7.89. The van der Waals surface area contributed by atoms with Crippen LogP contribution in [0.25, 0.3) is 0 Å². The van der Waals surface area contributed by atoms with Crippen LogP contribution in [0.2, 0.25) is 0 Å². The third-order valence-electron chi connectivity index (χ3n) is 4.07. The van der Waals surface area contributed by atoms with E-state index in [2.05, 4.69) is 16.8 Å². The lowest BCUT2D eigenvalue weighted by molar-refractivity contribution is 0.247. The number of aromatic nitrogens is 1. The fourth-order valence-corrected chi connectivity index (χ4v) is 4.98. The highest BCUT2D eigenvalue weighted by Crippen LogP contribution is 2.34. The van der Waals surface area contributed by atoms with E-state index in [1.807, 2.05) is 0 Å². The van der Waals surface area contributed by atoms with Crippen molar-refractivity contribution in [1.82, 2.24) is 9.88 Å². The van der Waals surface area contributed by atoms with Crippen molar-refractivity contribution in [3.63, 3.8) is 0 Å². The summed E-state index contributed by atoms with van der Waals surface area (Å²) in [5.74, 6) is 1.21. The highest BCUT2D eigenvalue weighted by atomic mass is 35.5. The summed E-state index contributed by atoms with van der Waals surface area (Å²) >= 11 is 6.07. The van der Waals surface area contributed by atoms with Crippen LogP contribution in [0.4, 0.5) is 0 Å². The van der Waals surface area contributed by atoms with Crippen LogP contribution in [-0.4, -0.2) is 25.0 Å². The van der Waals surface area contributed by atoms with Crippen LogP contribution in [0.5, 0.6) is 0 Å². The Morgan fingerprint density at radius 2 is 2.00 bits per heavy atom. The second kappa shape index (κ2) is 5.66. The van der Waals surface area contributed by atoms with Gasteiger partial charge in [0.1, 0.15) is 10.6 Å². The summed E-state index contributed by atoms with van der Waals surface area (Å²) in [6.07, 6.45) is 3.49. The number of hydrogen-bond acceptors (Lipinski definition) is 4. The fourth-order valence-electron chi connectivity index (χ4n) is 2.77. The summed E-state index contributed by atoms with van der Waals surface area (Å²) in [4.78, 5) is 0.139. The Kier molecular flexibility index (Phi) is 4.47. The summed E-state index contributed by atoms with van der Waals surface area (Å²) in [5, 5.41) is 3.71. The van der Waals surface area contributed by atoms with Crippen LogP contribution in [0.15, 0.2) is 9.42 Å². The van der Waals surface area contributed by atoms with Gasteiger partial charge in [-0.3, -0.25) is 0 Å². The Labute approximate surface area is 125 Å². The van der Waals surface area contributed by atoms with Gasteiger partial charge < -0.3 is 4.52 Å². The van der Waals surface area contributed by atoms with Gasteiger partial charge in [0.15, 0.2) is 5.76 Å². The highest BCUT2D eigenvalue weighted by Gasteiger charge is 2.39. The monoisotopic (exact) mass is 320 g/mol. The van der Waals surface area contributed by atoms with Gasteiger partial charge >= 0.3 is 0 Å². The molecule has 1 fully saturated rings. The van der Waals surface area contributed by atoms with Crippen molar-refractivity contribution >= 4 is 21.6 Å². The summed E-state index contributed by atoms with van der Waals surface area (Å²) in [7, 11) is -3.66. The first-order valence-electron chi connectivity index (χ1n) is 6.82. The summed E-state index contributed by atoms with van der Waals surface area (Å²) in [5.41, 5.74) is -0.174. The minimum Gasteiger partial charge on any atom is -0.360 e. The van der Waals surface area contributed by atoms with Gasteiger partial charge in [-0.25, -0.2) is 13.1 Å². The second-order valence-corrected chi connectivity index (χ2v) is 7.74. The molecule has 1 aliphatic rings. The van der Waals surface area contributed by atoms with Gasteiger partial charge in [-0.1, -0.05) is 12.1 Å². The van der Waals surface area contributed by atoms with Gasteiger partial charge in [0, 0.05) is 11.4 Å². The summed E-state index contributed by atoms with van der Waals surface area (Å²) < 4.78 is 32.9. The minimum absolute atomic E-state index is 0.139. The minimum atomic E-state index is -3.66. The van der Waals surface area contributed by atoms with Crippen molar-refractivity contribution in [3.05, 3.63) is 11.5 Å². The van der Waals surface area contributed by atoms with Crippen LogP contribution in [0.3, 0.4) is 0 Å². The molecule has 0 unspecified atom stereocenters. The quantitative estimate of drug-likeness (QED) is 0.866. The van der Waals surface area contributed by atoms with Crippen molar-refractivity contribution in [2.24, 2.45) is 5.92 Å². The van der Waals surface area contributed by atoms with E-state index in [1.54, 1.807) is 13.8 Å². The molecule has 0 atom stereocenters. The predicted octanol–water partition coefficient (Wildman–Crippen LogP) is 2.76. The van der Waals surface area contributed by atoms with Crippen molar-refractivity contribution in [1.29, 1.82) is 0 Å². The Morgan fingerprint density at radius 3 is 2.45 bits per heavy atom. The molecule has 1 aromatic rings. The molecule has 1 N–H and O–H groups in total. The van der Waals surface area contributed by atoms with E-state index >= 15 is 0 Å². The van der Waals surface area contributed by atoms with Crippen molar-refractivity contribution in [2.45, 2.75) is 56.9 Å². The van der Waals surface area contributed by atoms with Crippen LogP contribution in [-0.2, 0) is 10.0 Å². The van der Waals surface area contributed by atoms with E-state index in [0.29, 0.717) is 17.4 Å². The van der Waals surface area contributed by atoms with Crippen LogP contribution < -0.4 is 4.72 Å². The third-order valence-corrected chi connectivity index (χ3v) is 6.41. The molecule has 0 aromatic carbocycles. The van der Waals surface area contributed by atoms with E-state index in [9.17, 15) is 8.42 Å². The first kappa shape index (κ1) is 15.8. The van der Waals surface area contributed by atoms with Crippen LogP contribution >= 0.6 is 11.6 Å². The molecule has 0 bridgehead atoms. The molecule has 1 aliphatic carbocycles. The van der Waals surface area contributed by atoms with E-state index in [-0.39, 0.29) is 10.8 Å². The first-order chi connectivity index (χ1) is 9.30. The number of sulfonamides is 1. The van der Waals surface area contributed by atoms with Crippen molar-refractivity contribution in [2.75, 3.05) is 5.88 Å². The topological polar surface area (TPSA) is 72.2 Å². The lowest BCUT2D eigenvalue weighted by atomic mass is 9.79. The van der Waals surface area contributed by atoms with Crippen LogP contribution in [0, 0.1) is 19.8 Å². The van der Waals surface area contributed by atoms with Crippen molar-refractivity contribution < 1.29 is 12.9 Å². The maximum absolute atomic E-state index is 12.6. The largest absolute Gasteiger partial charge is 0.360 e. The summed E-state index contributed by atoms with van der Waals surface area (Å²) in [6, 6.07) is 0. The number of alkyl halides is 1. The average Bonchev–Trinajstić information content (AvgIpc) is 2.72. The van der Waals surface area contributed by atoms with Gasteiger partial charge in [-0.15, -0.1) is 11.6 Å². The van der Waals surface area contributed by atoms with Gasteiger partial charge in [-0.2, -0.15) is 0 Å². The predicted molar refractivity (Wildman–Crippen MR) is 77.4 cm³/mol. The third kappa shape index (κ3) is 3.02. The molecule has 1 saturated carbocycles. The van der Waals surface area contributed by atoms with Gasteiger partial charge in [0.05, 0.1) is 0 Å². The second-order valence-electron chi connectivity index (χ2n) is 5.86. The van der Waals surface area contributed by atoms with Gasteiger partial charge in [-0.05, 0) is 45.4 Å². The molecular weight excluding hydrogens is 300 g/mol. The van der Waals surface area contributed by atoms with E-state index < -0.39 is 15.6 Å². The molecule has 2 rings (SSSR count). The molecule has 1 aromatic heterocycles. The average molecular weight is 321 g/mol. The Hall–Kier alpha value is -0.590. The molecular formula is C13H21ClN2O3S. The Bertz CT molecular complexity index is 555. The van der Waals surface area contributed by atoms with E-state index in [0.717, 1.165) is 25.7 Å². The number of aryl methyl sites for hydroxylation is 2. The summed E-state index contributed by atoms with van der Waals surface area (Å²) in [6.45, 7) is 5.41. The van der Waals surface area contributed by atoms with Gasteiger partial charge in [0.2, 0.25) is 10.0 Å². The molecule has 7 heteroatoms. The number of nitrogens with zero attached hydrogens (tertiary/aromatic N) is 1. The van der Waals surface area contributed by atoms with Crippen molar-refractivity contribution in [3.8, 4) is 0 Å². The zero-order chi connectivity index (χ0) is 15.0. The van der Waals surface area contributed by atoms with E-state index in [4.69, 9.17) is 16.1 Å². The lowest BCUT2D eigenvalue weighted by Crippen LogP contribution is -2.52. The molecule has 114 valence electrons. The smallest absolute Gasteiger partial charge is 0.246 e. The zero-order valence-corrected chi connectivity index (χ0v) is 13.6. The number of hydrogen-bond donors (Lipinski definition) is 1. The first-order valence-corrected chi connectivity index (χ1v) is 8.84. The lowest BCUT2D eigenvalue weighted by Gasteiger charge is -2.38. The van der Waals surface area contributed by atoms with E-state index in [1.165, 1.54) is 0 Å².